The van der Waals surface area contributed by atoms with E-state index in [9.17, 15) is 5.11 Å². The number of benzene rings is 2. The molecule has 1 N–H and O–H groups in total. The summed E-state index contributed by atoms with van der Waals surface area (Å²) in [7, 11) is -0.458. The first-order valence-electron chi connectivity index (χ1n) is 12.5. The molecule has 3 rings (SSSR count). The molecule has 1 heterocycles. The summed E-state index contributed by atoms with van der Waals surface area (Å²) in [6.07, 6.45) is 3.81. The Balaban J connectivity index is 2.29. The van der Waals surface area contributed by atoms with E-state index in [4.69, 9.17) is 0 Å². The molecule has 1 aliphatic heterocycles. The van der Waals surface area contributed by atoms with Crippen LogP contribution in [0.1, 0.15) is 84.9 Å². The molecule has 1 nitrogen and oxygen atoms in total. The minimum Gasteiger partial charge on any atom is -0.393 e. The molecule has 176 valence electrons. The highest BCUT2D eigenvalue weighted by atomic mass is 31.1. The molecule has 0 atom stereocenters. The summed E-state index contributed by atoms with van der Waals surface area (Å²) in [5.41, 5.74) is 7.33. The molecule has 1 aliphatic rings. The fourth-order valence-corrected chi connectivity index (χ4v) is 10.6. The van der Waals surface area contributed by atoms with Gasteiger partial charge in [-0.25, -0.2) is 0 Å². The van der Waals surface area contributed by atoms with Crippen molar-refractivity contribution < 1.29 is 5.11 Å². The Hall–Kier alpha value is -1.17. The van der Waals surface area contributed by atoms with Crippen LogP contribution in [0.4, 0.5) is 0 Å². The van der Waals surface area contributed by atoms with Gasteiger partial charge in [-0.05, 0) is 82.3 Å². The molecule has 0 spiro atoms. The van der Waals surface area contributed by atoms with Crippen LogP contribution in [0, 0.1) is 18.8 Å². The van der Waals surface area contributed by atoms with Crippen LogP contribution in [0.25, 0.3) is 11.1 Å². The zero-order valence-corrected chi connectivity index (χ0v) is 22.8. The first-order chi connectivity index (χ1) is 14.8. The van der Waals surface area contributed by atoms with E-state index in [2.05, 4.69) is 98.7 Å². The molecule has 0 aliphatic carbocycles. The second-order valence-electron chi connectivity index (χ2n) is 12.2. The summed E-state index contributed by atoms with van der Waals surface area (Å²) in [5, 5.41) is 12.4. The van der Waals surface area contributed by atoms with Crippen molar-refractivity contribution in [3.63, 3.8) is 0 Å². The van der Waals surface area contributed by atoms with E-state index < -0.39 is 7.92 Å². The number of aliphatic hydroxyl groups is 1. The lowest BCUT2D eigenvalue weighted by molar-refractivity contribution is 0.125. The van der Waals surface area contributed by atoms with Crippen molar-refractivity contribution in [1.29, 1.82) is 0 Å². The van der Waals surface area contributed by atoms with Gasteiger partial charge in [0.25, 0.3) is 0 Å². The lowest BCUT2D eigenvalue weighted by atomic mass is 9.85. The number of hydrogen-bond donors (Lipinski definition) is 1. The zero-order chi connectivity index (χ0) is 23.8. The van der Waals surface area contributed by atoms with Crippen molar-refractivity contribution >= 4 is 13.2 Å². The normalized spacial score (nSPS) is 22.5. The van der Waals surface area contributed by atoms with Crippen molar-refractivity contribution in [2.24, 2.45) is 11.8 Å². The lowest BCUT2D eigenvalue weighted by Crippen LogP contribution is -2.45. The average Bonchev–Trinajstić information content (AvgIpc) is 2.58. The predicted molar refractivity (Wildman–Crippen MR) is 144 cm³/mol. The minimum atomic E-state index is -0.458. The van der Waals surface area contributed by atoms with Crippen molar-refractivity contribution in [3.8, 4) is 11.1 Å². The van der Waals surface area contributed by atoms with Crippen LogP contribution in [-0.4, -0.2) is 21.5 Å². The fourth-order valence-electron chi connectivity index (χ4n) is 6.25. The Labute approximate surface area is 198 Å². The van der Waals surface area contributed by atoms with Crippen molar-refractivity contribution in [2.75, 3.05) is 0 Å². The fraction of sp³-hybridized carbons (Fsp3) is 0.600. The molecule has 1 fully saturated rings. The Morgan fingerprint density at radius 2 is 1.34 bits per heavy atom. The van der Waals surface area contributed by atoms with E-state index >= 15 is 0 Å². The van der Waals surface area contributed by atoms with Gasteiger partial charge in [0.1, 0.15) is 0 Å². The summed E-state index contributed by atoms with van der Waals surface area (Å²) < 4.78 is 0. The molecule has 0 aromatic heterocycles. The van der Waals surface area contributed by atoms with Crippen molar-refractivity contribution in [1.82, 2.24) is 0 Å². The molecule has 0 bridgehead atoms. The van der Waals surface area contributed by atoms with Gasteiger partial charge >= 0.3 is 0 Å². The lowest BCUT2D eigenvalue weighted by Gasteiger charge is -2.52. The largest absolute Gasteiger partial charge is 0.393 e. The van der Waals surface area contributed by atoms with Crippen molar-refractivity contribution in [3.05, 3.63) is 53.1 Å². The smallest absolute Gasteiger partial charge is 0.0557 e. The van der Waals surface area contributed by atoms with E-state index in [0.717, 1.165) is 25.7 Å². The van der Waals surface area contributed by atoms with Gasteiger partial charge in [0.05, 0.1) is 6.10 Å². The number of hydrogen-bond acceptors (Lipinski definition) is 1. The van der Waals surface area contributed by atoms with Crippen LogP contribution in [0.15, 0.2) is 36.4 Å². The maximum atomic E-state index is 10.7. The van der Waals surface area contributed by atoms with Crippen LogP contribution in [0.3, 0.4) is 0 Å². The topological polar surface area (TPSA) is 20.2 Å². The standard InChI is InChI=1S/C30H45OP/c1-20(2)14-23-16-22(5)17-24(15-21(3)4)28(23)26-12-10-11-13-27(26)32-29(6,7)18-25(31)19-30(32,8)9/h10-13,16-17,20-21,25,31H,14-15,18-19H2,1-9H3. The molecule has 2 heteroatoms. The number of aliphatic hydroxyl groups excluding tert-OH is 1. The van der Waals surface area contributed by atoms with Crippen LogP contribution in [-0.2, 0) is 12.8 Å². The maximum absolute atomic E-state index is 10.7. The SMILES string of the molecule is Cc1cc(CC(C)C)c(-c2ccccc2P2C(C)(C)CC(O)CC2(C)C)c(CC(C)C)c1. The molecule has 0 amide bonds. The Morgan fingerprint density at radius 3 is 1.81 bits per heavy atom. The number of rotatable bonds is 6. The molecule has 0 radical (unpaired) electrons. The monoisotopic (exact) mass is 452 g/mol. The van der Waals surface area contributed by atoms with Gasteiger partial charge in [-0.1, -0.05) is 105 Å². The highest BCUT2D eigenvalue weighted by Crippen LogP contribution is 2.65. The molecular weight excluding hydrogens is 407 g/mol. The zero-order valence-electron chi connectivity index (χ0n) is 21.9. The quantitative estimate of drug-likeness (QED) is 0.442. The molecule has 0 unspecified atom stereocenters. The predicted octanol–water partition coefficient (Wildman–Crippen LogP) is 7.88. The van der Waals surface area contributed by atoms with E-state index in [0.29, 0.717) is 11.8 Å². The highest BCUT2D eigenvalue weighted by Gasteiger charge is 2.48. The van der Waals surface area contributed by atoms with Crippen LogP contribution >= 0.6 is 7.92 Å². The Morgan fingerprint density at radius 1 is 0.875 bits per heavy atom. The van der Waals surface area contributed by atoms with E-state index in [1.807, 2.05) is 0 Å². The van der Waals surface area contributed by atoms with E-state index in [1.165, 1.54) is 33.1 Å². The second-order valence-corrected chi connectivity index (χ2v) is 15.8. The summed E-state index contributed by atoms with van der Waals surface area (Å²) in [4.78, 5) is 0. The van der Waals surface area contributed by atoms with E-state index in [1.54, 1.807) is 0 Å². The number of aryl methyl sites for hydroxylation is 1. The first-order valence-corrected chi connectivity index (χ1v) is 13.9. The van der Waals surface area contributed by atoms with Gasteiger partial charge in [0.2, 0.25) is 0 Å². The van der Waals surface area contributed by atoms with Crippen LogP contribution in [0.5, 0.6) is 0 Å². The second kappa shape index (κ2) is 9.60. The summed E-state index contributed by atoms with van der Waals surface area (Å²) in [6.45, 7) is 21.1. The van der Waals surface area contributed by atoms with Gasteiger partial charge in [-0.3, -0.25) is 0 Å². The highest BCUT2D eigenvalue weighted by molar-refractivity contribution is 7.69. The summed E-state index contributed by atoms with van der Waals surface area (Å²) >= 11 is 0. The third-order valence-corrected chi connectivity index (χ3v) is 10.5. The maximum Gasteiger partial charge on any atom is 0.0557 e. The van der Waals surface area contributed by atoms with Gasteiger partial charge in [-0.15, -0.1) is 0 Å². The van der Waals surface area contributed by atoms with Gasteiger partial charge in [0.15, 0.2) is 0 Å². The van der Waals surface area contributed by atoms with Gasteiger partial charge in [-0.2, -0.15) is 0 Å². The third kappa shape index (κ3) is 5.48. The van der Waals surface area contributed by atoms with Crippen molar-refractivity contribution in [2.45, 2.75) is 104 Å². The van der Waals surface area contributed by atoms with E-state index in [-0.39, 0.29) is 16.4 Å². The summed E-state index contributed by atoms with van der Waals surface area (Å²) in [5.74, 6) is 1.25. The van der Waals surface area contributed by atoms with Crippen LogP contribution in [0.2, 0.25) is 0 Å². The van der Waals surface area contributed by atoms with Gasteiger partial charge < -0.3 is 5.11 Å². The molecule has 0 saturated carbocycles. The Kier molecular flexibility index (Phi) is 7.63. The van der Waals surface area contributed by atoms with Crippen LogP contribution < -0.4 is 5.30 Å². The average molecular weight is 453 g/mol. The molecular formula is C30H45OP. The van der Waals surface area contributed by atoms with Gasteiger partial charge in [0, 0.05) is 0 Å². The molecule has 32 heavy (non-hydrogen) atoms. The minimum absolute atomic E-state index is 0.105. The molecule has 2 aromatic carbocycles. The summed E-state index contributed by atoms with van der Waals surface area (Å²) in [6, 6.07) is 14.1. The molecule has 1 saturated heterocycles. The third-order valence-electron chi connectivity index (χ3n) is 6.80. The Bertz CT molecular complexity index is 889. The molecule has 2 aromatic rings. The first kappa shape index (κ1) is 25.5.